The summed E-state index contributed by atoms with van der Waals surface area (Å²) in [5, 5.41) is 13.7. The van der Waals surface area contributed by atoms with Crippen LogP contribution >= 0.6 is 11.3 Å². The second kappa shape index (κ2) is 7.54. The number of aromatic amines is 1. The van der Waals surface area contributed by atoms with Crippen molar-refractivity contribution in [2.75, 3.05) is 13.1 Å². The van der Waals surface area contributed by atoms with Crippen LogP contribution in [0.4, 0.5) is 0 Å². The summed E-state index contributed by atoms with van der Waals surface area (Å²) in [5.41, 5.74) is 0.940. The second-order valence-corrected chi connectivity index (χ2v) is 10.2. The molecule has 1 aliphatic rings. The molecule has 1 fully saturated rings. The fourth-order valence-corrected chi connectivity index (χ4v) is 6.58. The van der Waals surface area contributed by atoms with Gasteiger partial charge in [0.15, 0.2) is 0 Å². The lowest BCUT2D eigenvalue weighted by atomic mass is 9.94. The molecule has 0 atom stereocenters. The Bertz CT molecular complexity index is 1170. The lowest BCUT2D eigenvalue weighted by Gasteiger charge is -2.31. The molecule has 0 bridgehead atoms. The minimum Gasteiger partial charge on any atom is -0.271 e. The summed E-state index contributed by atoms with van der Waals surface area (Å²) in [5.74, 6) is 0.962. The van der Waals surface area contributed by atoms with Crippen molar-refractivity contribution >= 4 is 21.4 Å². The van der Waals surface area contributed by atoms with Crippen LogP contribution in [0.3, 0.4) is 0 Å². The topological polar surface area (TPSA) is 106 Å². The average molecular weight is 437 g/mol. The number of sulfonamides is 1. The monoisotopic (exact) mass is 436 g/mol. The van der Waals surface area contributed by atoms with Crippen LogP contribution in [-0.4, -0.2) is 50.4 Å². The number of nitrogens with one attached hydrogen (secondary N) is 1. The zero-order valence-electron chi connectivity index (χ0n) is 16.6. The van der Waals surface area contributed by atoms with E-state index < -0.39 is 10.0 Å². The molecule has 11 heteroatoms. The summed E-state index contributed by atoms with van der Waals surface area (Å²) >= 11 is 1.48. The van der Waals surface area contributed by atoms with Gasteiger partial charge in [0, 0.05) is 26.6 Å². The molecule has 0 unspecified atom stereocenters. The van der Waals surface area contributed by atoms with Crippen molar-refractivity contribution in [1.29, 1.82) is 0 Å². The number of nitrogens with zero attached hydrogens (tertiary/aromatic N) is 5. The van der Waals surface area contributed by atoms with Crippen LogP contribution < -0.4 is 5.69 Å². The number of thiophene rings is 1. The Hall–Kier alpha value is -2.24. The van der Waals surface area contributed by atoms with Crippen LogP contribution in [0.1, 0.15) is 30.1 Å². The molecule has 0 radical (unpaired) electrons. The molecule has 4 rings (SSSR count). The Balaban J connectivity index is 1.48. The Kier molecular flexibility index (Phi) is 5.21. The summed E-state index contributed by atoms with van der Waals surface area (Å²) < 4.78 is 31.0. The summed E-state index contributed by atoms with van der Waals surface area (Å²) in [7, 11) is -1.81. The highest BCUT2D eigenvalue weighted by Crippen LogP contribution is 2.29. The third-order valence-corrected chi connectivity index (χ3v) is 8.56. The van der Waals surface area contributed by atoms with Crippen LogP contribution in [0.5, 0.6) is 0 Å². The second-order valence-electron chi connectivity index (χ2n) is 7.41. The van der Waals surface area contributed by atoms with Gasteiger partial charge in [0.05, 0.1) is 11.4 Å². The molecular weight excluding hydrogens is 412 g/mol. The predicted octanol–water partition coefficient (Wildman–Crippen LogP) is 1.62. The van der Waals surface area contributed by atoms with Crippen LogP contribution in [0, 0.1) is 19.8 Å². The first kappa shape index (κ1) is 20.0. The molecule has 0 aromatic carbocycles. The molecule has 0 spiro atoms. The number of aryl methyl sites for hydroxylation is 2. The molecule has 0 saturated carbocycles. The van der Waals surface area contributed by atoms with E-state index in [4.69, 9.17) is 0 Å². The van der Waals surface area contributed by atoms with E-state index in [1.54, 1.807) is 34.4 Å². The lowest BCUT2D eigenvalue weighted by molar-refractivity contribution is 0.269. The highest BCUT2D eigenvalue weighted by atomic mass is 32.2. The molecule has 1 saturated heterocycles. The van der Waals surface area contributed by atoms with E-state index in [0.29, 0.717) is 41.6 Å². The van der Waals surface area contributed by atoms with Gasteiger partial charge in [-0.1, -0.05) is 0 Å². The highest BCUT2D eigenvalue weighted by Gasteiger charge is 2.33. The van der Waals surface area contributed by atoms with E-state index in [2.05, 4.69) is 15.3 Å². The maximum absolute atomic E-state index is 13.1. The van der Waals surface area contributed by atoms with Gasteiger partial charge in [0.25, 0.3) is 0 Å². The van der Waals surface area contributed by atoms with Crippen LogP contribution in [0.25, 0.3) is 5.00 Å². The van der Waals surface area contributed by atoms with Gasteiger partial charge in [0.2, 0.25) is 10.0 Å². The maximum Gasteiger partial charge on any atom is 0.348 e. The molecule has 3 aromatic rings. The summed E-state index contributed by atoms with van der Waals surface area (Å²) in [6.07, 6.45) is 2.08. The van der Waals surface area contributed by atoms with Crippen LogP contribution in [0.2, 0.25) is 0 Å². The first-order valence-electron chi connectivity index (χ1n) is 9.49. The summed E-state index contributed by atoms with van der Waals surface area (Å²) in [4.78, 5) is 12.5. The molecular formula is C18H24N6O3S2. The quantitative estimate of drug-likeness (QED) is 0.654. The summed E-state index contributed by atoms with van der Waals surface area (Å²) in [6, 6.07) is 3.79. The predicted molar refractivity (Wildman–Crippen MR) is 110 cm³/mol. The molecule has 3 aromatic heterocycles. The van der Waals surface area contributed by atoms with Crippen molar-refractivity contribution < 1.29 is 8.42 Å². The Labute approximate surface area is 173 Å². The number of aromatic nitrogens is 5. The SMILES string of the molecule is Cc1nn(C)c(C)c1S(=O)(=O)N1CCC(Cc2n[nH]c(=O)n2-c2cccs2)CC1. The minimum atomic E-state index is -3.56. The minimum absolute atomic E-state index is 0.245. The molecule has 9 nitrogen and oxygen atoms in total. The molecule has 1 aliphatic heterocycles. The number of hydrogen-bond donors (Lipinski definition) is 1. The Morgan fingerprint density at radius 2 is 2.00 bits per heavy atom. The standard InChI is InChI=1S/C18H24N6O3S2/c1-12-17(13(2)22(3)21-12)29(26,27)23-8-6-14(7-9-23)11-15-19-20-18(25)24(15)16-5-4-10-28-16/h4-5,10,14H,6-9,11H2,1-3H3,(H,20,25). The molecule has 156 valence electrons. The smallest absolute Gasteiger partial charge is 0.271 e. The van der Waals surface area contributed by atoms with Gasteiger partial charge in [0.1, 0.15) is 15.7 Å². The zero-order chi connectivity index (χ0) is 20.8. The van der Waals surface area contributed by atoms with Gasteiger partial charge >= 0.3 is 5.69 Å². The van der Waals surface area contributed by atoms with E-state index in [0.717, 1.165) is 17.8 Å². The van der Waals surface area contributed by atoms with Gasteiger partial charge in [-0.15, -0.1) is 11.3 Å². The molecule has 0 aliphatic carbocycles. The summed E-state index contributed by atoms with van der Waals surface area (Å²) in [6.45, 7) is 4.41. The van der Waals surface area contributed by atoms with E-state index in [9.17, 15) is 13.2 Å². The van der Waals surface area contributed by atoms with Crippen molar-refractivity contribution in [2.45, 2.75) is 38.0 Å². The van der Waals surface area contributed by atoms with E-state index in [1.807, 2.05) is 17.5 Å². The first-order chi connectivity index (χ1) is 13.8. The van der Waals surface area contributed by atoms with E-state index in [-0.39, 0.29) is 11.6 Å². The van der Waals surface area contributed by atoms with Gasteiger partial charge in [-0.25, -0.2) is 22.9 Å². The lowest BCUT2D eigenvalue weighted by Crippen LogP contribution is -2.39. The number of rotatable bonds is 5. The molecule has 4 heterocycles. The van der Waals surface area contributed by atoms with Crippen molar-refractivity contribution in [1.82, 2.24) is 28.9 Å². The first-order valence-corrected chi connectivity index (χ1v) is 11.8. The molecule has 29 heavy (non-hydrogen) atoms. The highest BCUT2D eigenvalue weighted by molar-refractivity contribution is 7.89. The van der Waals surface area contributed by atoms with Gasteiger partial charge in [-0.05, 0) is 50.1 Å². The fourth-order valence-electron chi connectivity index (χ4n) is 3.96. The maximum atomic E-state index is 13.1. The van der Waals surface area contributed by atoms with Crippen molar-refractivity contribution in [3.8, 4) is 5.00 Å². The van der Waals surface area contributed by atoms with Crippen molar-refractivity contribution in [2.24, 2.45) is 13.0 Å². The number of H-pyrrole nitrogens is 1. The third-order valence-electron chi connectivity index (χ3n) is 5.55. The Morgan fingerprint density at radius 3 is 2.59 bits per heavy atom. The van der Waals surface area contributed by atoms with Crippen molar-refractivity contribution in [3.05, 3.63) is 45.2 Å². The molecule has 1 N–H and O–H groups in total. The average Bonchev–Trinajstić information content (AvgIpc) is 3.37. The Morgan fingerprint density at radius 1 is 1.28 bits per heavy atom. The van der Waals surface area contributed by atoms with Crippen LogP contribution in [0.15, 0.2) is 27.2 Å². The number of piperidine rings is 1. The van der Waals surface area contributed by atoms with E-state index >= 15 is 0 Å². The normalized spacial score (nSPS) is 16.5. The van der Waals surface area contributed by atoms with E-state index in [1.165, 1.54) is 11.3 Å². The van der Waals surface area contributed by atoms with Gasteiger partial charge in [-0.3, -0.25) is 4.68 Å². The van der Waals surface area contributed by atoms with Crippen LogP contribution in [-0.2, 0) is 23.5 Å². The van der Waals surface area contributed by atoms with Gasteiger partial charge < -0.3 is 0 Å². The fraction of sp³-hybridized carbons (Fsp3) is 0.500. The zero-order valence-corrected chi connectivity index (χ0v) is 18.3. The number of hydrogen-bond acceptors (Lipinski definition) is 6. The van der Waals surface area contributed by atoms with Gasteiger partial charge in [-0.2, -0.15) is 14.5 Å². The largest absolute Gasteiger partial charge is 0.348 e. The third kappa shape index (κ3) is 3.58. The molecule has 0 amide bonds. The van der Waals surface area contributed by atoms with Crippen molar-refractivity contribution in [3.63, 3.8) is 0 Å².